The van der Waals surface area contributed by atoms with Crippen molar-refractivity contribution in [2.24, 2.45) is 10.9 Å². The molecule has 0 aromatic heterocycles. The third-order valence-corrected chi connectivity index (χ3v) is 6.42. The number of ether oxygens (including phenoxy) is 2. The summed E-state index contributed by atoms with van der Waals surface area (Å²) in [7, 11) is 0. The fraction of sp³-hybridized carbons (Fsp3) is 0.955. The van der Waals surface area contributed by atoms with Gasteiger partial charge in [0.15, 0.2) is 5.96 Å². The van der Waals surface area contributed by atoms with Crippen molar-refractivity contribution in [2.45, 2.75) is 59.0 Å². The second-order valence-corrected chi connectivity index (χ2v) is 8.78. The van der Waals surface area contributed by atoms with E-state index in [1.807, 2.05) is 0 Å². The number of morpholine rings is 2. The molecule has 8 heteroatoms. The van der Waals surface area contributed by atoms with E-state index in [4.69, 9.17) is 14.5 Å². The molecule has 0 aromatic rings. The van der Waals surface area contributed by atoms with E-state index in [0.29, 0.717) is 12.0 Å². The summed E-state index contributed by atoms with van der Waals surface area (Å²) < 4.78 is 11.1. The zero-order valence-electron chi connectivity index (χ0n) is 19.9. The van der Waals surface area contributed by atoms with Crippen LogP contribution in [0.4, 0.5) is 0 Å². The molecule has 1 unspecified atom stereocenters. The highest BCUT2D eigenvalue weighted by atomic mass is 127. The van der Waals surface area contributed by atoms with Crippen LogP contribution in [-0.2, 0) is 9.47 Å². The van der Waals surface area contributed by atoms with Crippen molar-refractivity contribution >= 4 is 29.9 Å². The first-order valence-electron chi connectivity index (χ1n) is 11.7. The highest BCUT2D eigenvalue weighted by molar-refractivity contribution is 14.0. The fourth-order valence-electron chi connectivity index (χ4n) is 4.42. The summed E-state index contributed by atoms with van der Waals surface area (Å²) in [6.45, 7) is 21.3. The normalized spacial score (nSPS) is 20.7. The van der Waals surface area contributed by atoms with Crippen LogP contribution in [0.25, 0.3) is 0 Å². The molecule has 1 atom stereocenters. The quantitative estimate of drug-likeness (QED) is 0.253. The molecule has 0 aromatic carbocycles. The van der Waals surface area contributed by atoms with Crippen LogP contribution < -0.4 is 10.6 Å². The van der Waals surface area contributed by atoms with Gasteiger partial charge in [-0.2, -0.15) is 0 Å². The first kappa shape index (κ1) is 27.9. The molecule has 2 heterocycles. The molecule has 2 fully saturated rings. The summed E-state index contributed by atoms with van der Waals surface area (Å²) in [5.74, 6) is 1.62. The lowest BCUT2D eigenvalue weighted by molar-refractivity contribution is -0.00687. The molecule has 0 radical (unpaired) electrons. The van der Waals surface area contributed by atoms with E-state index in [2.05, 4.69) is 55.1 Å². The van der Waals surface area contributed by atoms with E-state index in [1.165, 1.54) is 12.8 Å². The van der Waals surface area contributed by atoms with Crippen molar-refractivity contribution in [2.75, 3.05) is 72.2 Å². The van der Waals surface area contributed by atoms with Crippen LogP contribution in [0.5, 0.6) is 0 Å². The molecule has 0 bridgehead atoms. The van der Waals surface area contributed by atoms with Gasteiger partial charge >= 0.3 is 0 Å². The highest BCUT2D eigenvalue weighted by Crippen LogP contribution is 2.20. The van der Waals surface area contributed by atoms with Gasteiger partial charge in [-0.25, -0.2) is 0 Å². The molecular weight excluding hydrogens is 493 g/mol. The average Bonchev–Trinajstić information content (AvgIpc) is 2.76. The van der Waals surface area contributed by atoms with Gasteiger partial charge in [-0.15, -0.1) is 24.0 Å². The summed E-state index contributed by atoms with van der Waals surface area (Å²) in [6.07, 6.45) is 2.41. The van der Waals surface area contributed by atoms with Crippen LogP contribution in [0.3, 0.4) is 0 Å². The molecular formula is C22H46IN5O2. The second-order valence-electron chi connectivity index (χ2n) is 8.78. The van der Waals surface area contributed by atoms with Gasteiger partial charge in [0.2, 0.25) is 0 Å². The molecule has 2 aliphatic heterocycles. The van der Waals surface area contributed by atoms with E-state index < -0.39 is 0 Å². The maximum atomic E-state index is 5.58. The van der Waals surface area contributed by atoms with Gasteiger partial charge in [0, 0.05) is 50.8 Å². The van der Waals surface area contributed by atoms with Crippen molar-refractivity contribution in [3.63, 3.8) is 0 Å². The molecule has 0 saturated carbocycles. The van der Waals surface area contributed by atoms with Crippen LogP contribution in [0.1, 0.15) is 47.5 Å². The van der Waals surface area contributed by atoms with Crippen LogP contribution in [0.2, 0.25) is 0 Å². The molecule has 0 aliphatic carbocycles. The number of rotatable bonds is 10. The van der Waals surface area contributed by atoms with E-state index in [9.17, 15) is 0 Å². The molecule has 2 rings (SSSR count). The van der Waals surface area contributed by atoms with E-state index in [1.54, 1.807) is 0 Å². The molecule has 0 amide bonds. The summed E-state index contributed by atoms with van der Waals surface area (Å²) in [5.41, 5.74) is 0.0329. The lowest BCUT2D eigenvalue weighted by atomic mass is 9.92. The summed E-state index contributed by atoms with van der Waals surface area (Å²) in [6, 6.07) is 0.519. The molecule has 178 valence electrons. The molecule has 30 heavy (non-hydrogen) atoms. The van der Waals surface area contributed by atoms with E-state index in [-0.39, 0.29) is 29.5 Å². The Morgan fingerprint density at radius 1 is 0.933 bits per heavy atom. The lowest BCUT2D eigenvalue weighted by Crippen LogP contribution is -2.54. The highest BCUT2D eigenvalue weighted by Gasteiger charge is 2.29. The van der Waals surface area contributed by atoms with E-state index >= 15 is 0 Å². The third-order valence-electron chi connectivity index (χ3n) is 6.42. The maximum Gasteiger partial charge on any atom is 0.191 e. The predicted octanol–water partition coefficient (Wildman–Crippen LogP) is 2.41. The number of guanidine groups is 1. The first-order chi connectivity index (χ1) is 14.0. The molecule has 0 spiro atoms. The first-order valence-corrected chi connectivity index (χ1v) is 11.7. The van der Waals surface area contributed by atoms with Crippen LogP contribution in [0, 0.1) is 5.92 Å². The standard InChI is InChI=1S/C22H45N5O2.HI/c1-6-19(7-2)20(26-9-13-28-14-10-26)17-24-21(23-8-3)25-18-22(4,5)27-11-15-29-16-12-27;/h19-20H,6-18H2,1-5H3,(H2,23,24,25);1H. The van der Waals surface area contributed by atoms with Crippen LogP contribution >= 0.6 is 24.0 Å². The van der Waals surface area contributed by atoms with Gasteiger partial charge in [-0.05, 0) is 26.7 Å². The van der Waals surface area contributed by atoms with Crippen molar-refractivity contribution in [3.05, 3.63) is 0 Å². The Balaban J connectivity index is 0.00000450. The second kappa shape index (κ2) is 14.8. The fourth-order valence-corrected chi connectivity index (χ4v) is 4.42. The Morgan fingerprint density at radius 3 is 2.03 bits per heavy atom. The number of hydrogen-bond acceptors (Lipinski definition) is 5. The molecule has 2 aliphatic rings. The number of nitrogens with one attached hydrogen (secondary N) is 2. The smallest absolute Gasteiger partial charge is 0.191 e. The average molecular weight is 540 g/mol. The predicted molar refractivity (Wildman–Crippen MR) is 136 cm³/mol. The topological polar surface area (TPSA) is 61.4 Å². The van der Waals surface area contributed by atoms with Crippen molar-refractivity contribution < 1.29 is 9.47 Å². The van der Waals surface area contributed by atoms with Gasteiger partial charge in [0.1, 0.15) is 0 Å². The number of halogens is 1. The number of aliphatic imine (C=N–C) groups is 1. The third kappa shape index (κ3) is 8.76. The summed E-state index contributed by atoms with van der Waals surface area (Å²) in [4.78, 5) is 10.1. The van der Waals surface area contributed by atoms with Crippen LogP contribution in [0.15, 0.2) is 4.99 Å². The largest absolute Gasteiger partial charge is 0.379 e. The zero-order chi connectivity index (χ0) is 21.1. The Kier molecular flexibility index (Phi) is 13.8. The minimum atomic E-state index is 0. The SMILES string of the molecule is CCNC(=NCC(C)(C)N1CCOCC1)NCC(C(CC)CC)N1CCOCC1.I. The zero-order valence-corrected chi connectivity index (χ0v) is 22.2. The van der Waals surface area contributed by atoms with Crippen LogP contribution in [-0.4, -0.2) is 99.6 Å². The molecule has 7 nitrogen and oxygen atoms in total. The van der Waals surface area contributed by atoms with Gasteiger partial charge in [-0.3, -0.25) is 14.8 Å². The van der Waals surface area contributed by atoms with Crippen molar-refractivity contribution in [1.29, 1.82) is 0 Å². The monoisotopic (exact) mass is 539 g/mol. The van der Waals surface area contributed by atoms with Gasteiger partial charge in [0.25, 0.3) is 0 Å². The summed E-state index contributed by atoms with van der Waals surface area (Å²) in [5, 5.41) is 7.10. The minimum Gasteiger partial charge on any atom is -0.379 e. The Bertz CT molecular complexity index is 476. The Labute approximate surface area is 201 Å². The molecule has 2 saturated heterocycles. The van der Waals surface area contributed by atoms with Crippen molar-refractivity contribution in [3.8, 4) is 0 Å². The Morgan fingerprint density at radius 2 is 1.50 bits per heavy atom. The molecule has 2 N–H and O–H groups in total. The van der Waals surface area contributed by atoms with Gasteiger partial charge in [-0.1, -0.05) is 26.7 Å². The lowest BCUT2D eigenvalue weighted by Gasteiger charge is -2.40. The number of nitrogens with zero attached hydrogens (tertiary/aromatic N) is 3. The van der Waals surface area contributed by atoms with Crippen molar-refractivity contribution in [1.82, 2.24) is 20.4 Å². The number of hydrogen-bond donors (Lipinski definition) is 2. The van der Waals surface area contributed by atoms with Gasteiger partial charge in [0.05, 0.1) is 33.0 Å². The Hall–Kier alpha value is -0.160. The van der Waals surface area contributed by atoms with E-state index in [0.717, 1.165) is 78.2 Å². The van der Waals surface area contributed by atoms with Gasteiger partial charge < -0.3 is 20.1 Å². The summed E-state index contributed by atoms with van der Waals surface area (Å²) >= 11 is 0. The maximum absolute atomic E-state index is 5.58. The minimum absolute atomic E-state index is 0.